The number of carbonyl (C=O) groups is 2. The van der Waals surface area contributed by atoms with Gasteiger partial charge in [0.15, 0.2) is 0 Å². The van der Waals surface area contributed by atoms with Crippen LogP contribution < -0.4 is 16.0 Å². The molecular formula is C20H23N3O2S. The lowest BCUT2D eigenvalue weighted by Gasteiger charge is -2.30. The predicted molar refractivity (Wildman–Crippen MR) is 104 cm³/mol. The van der Waals surface area contributed by atoms with Gasteiger partial charge >= 0.3 is 6.03 Å². The van der Waals surface area contributed by atoms with Gasteiger partial charge in [-0.1, -0.05) is 48.5 Å². The summed E-state index contributed by atoms with van der Waals surface area (Å²) < 4.78 is 0. The molecule has 0 spiro atoms. The van der Waals surface area contributed by atoms with E-state index in [1.807, 2.05) is 61.2 Å². The maximum Gasteiger partial charge on any atom is 0.321 e. The summed E-state index contributed by atoms with van der Waals surface area (Å²) in [6, 6.07) is 16.8. The second-order valence-electron chi connectivity index (χ2n) is 6.09. The topological polar surface area (TPSA) is 70.2 Å². The van der Waals surface area contributed by atoms with Gasteiger partial charge in [0.05, 0.1) is 0 Å². The number of fused-ring (bicyclic) bond motifs is 1. The molecule has 0 aliphatic carbocycles. The highest BCUT2D eigenvalue weighted by molar-refractivity contribution is 7.99. The van der Waals surface area contributed by atoms with Crippen molar-refractivity contribution in [2.45, 2.75) is 30.3 Å². The smallest absolute Gasteiger partial charge is 0.321 e. The van der Waals surface area contributed by atoms with Gasteiger partial charge < -0.3 is 5.32 Å². The number of rotatable bonds is 5. The molecule has 0 saturated carbocycles. The minimum atomic E-state index is -0.597. The van der Waals surface area contributed by atoms with Gasteiger partial charge in [-0.15, -0.1) is 11.8 Å². The van der Waals surface area contributed by atoms with E-state index in [-0.39, 0.29) is 11.9 Å². The van der Waals surface area contributed by atoms with E-state index in [1.54, 1.807) is 0 Å². The highest BCUT2D eigenvalue weighted by atomic mass is 32.2. The van der Waals surface area contributed by atoms with Crippen LogP contribution in [0.1, 0.15) is 36.6 Å². The lowest BCUT2D eigenvalue weighted by Crippen LogP contribution is -2.46. The van der Waals surface area contributed by atoms with Crippen molar-refractivity contribution in [2.24, 2.45) is 0 Å². The number of hydrogen-bond acceptors (Lipinski definition) is 4. The third-order valence-electron chi connectivity index (χ3n) is 4.30. The zero-order valence-corrected chi connectivity index (χ0v) is 15.5. The summed E-state index contributed by atoms with van der Waals surface area (Å²) in [5.41, 5.74) is 2.04. The summed E-state index contributed by atoms with van der Waals surface area (Å²) in [6.45, 7) is 2.28. The van der Waals surface area contributed by atoms with Crippen molar-refractivity contribution in [3.63, 3.8) is 0 Å². The number of thioether (sulfide) groups is 1. The van der Waals surface area contributed by atoms with Crippen LogP contribution in [-0.2, 0) is 4.79 Å². The first-order chi connectivity index (χ1) is 12.7. The van der Waals surface area contributed by atoms with Crippen molar-refractivity contribution in [3.8, 4) is 0 Å². The lowest BCUT2D eigenvalue weighted by molar-refractivity contribution is -0.122. The molecule has 5 nitrogen and oxygen atoms in total. The maximum atomic E-state index is 12.8. The molecular weight excluding hydrogens is 346 g/mol. The second kappa shape index (κ2) is 8.87. The number of benzene rings is 2. The van der Waals surface area contributed by atoms with Gasteiger partial charge in [0, 0.05) is 17.5 Å². The van der Waals surface area contributed by atoms with Crippen LogP contribution in [0.25, 0.3) is 0 Å². The summed E-state index contributed by atoms with van der Waals surface area (Å²) in [5, 5.41) is 8.51. The molecule has 0 aromatic heterocycles. The van der Waals surface area contributed by atoms with Crippen molar-refractivity contribution >= 4 is 23.7 Å². The van der Waals surface area contributed by atoms with Crippen LogP contribution in [-0.4, -0.2) is 24.2 Å². The Morgan fingerprint density at radius 3 is 2.62 bits per heavy atom. The molecule has 2 aromatic rings. The first-order valence-corrected chi connectivity index (χ1v) is 9.79. The molecule has 2 aromatic carbocycles. The van der Waals surface area contributed by atoms with Gasteiger partial charge in [0.2, 0.25) is 5.91 Å². The Kier molecular flexibility index (Phi) is 6.30. The van der Waals surface area contributed by atoms with Crippen molar-refractivity contribution in [1.82, 2.24) is 16.0 Å². The van der Waals surface area contributed by atoms with Crippen LogP contribution in [0.3, 0.4) is 0 Å². The summed E-state index contributed by atoms with van der Waals surface area (Å²) >= 11 is 1.84. The third-order valence-corrected chi connectivity index (χ3v) is 5.42. The maximum absolute atomic E-state index is 12.8. The fourth-order valence-corrected chi connectivity index (χ4v) is 4.20. The van der Waals surface area contributed by atoms with Crippen LogP contribution in [0, 0.1) is 0 Å². The fourth-order valence-electron chi connectivity index (χ4n) is 3.07. The van der Waals surface area contributed by atoms with E-state index in [2.05, 4.69) is 28.1 Å². The molecule has 3 N–H and O–H groups in total. The molecule has 0 radical (unpaired) electrons. The summed E-state index contributed by atoms with van der Waals surface area (Å²) in [5.74, 6) is 0.645. The van der Waals surface area contributed by atoms with Gasteiger partial charge in [-0.05, 0) is 36.3 Å². The molecule has 0 bridgehead atoms. The Balaban J connectivity index is 1.83. The van der Waals surface area contributed by atoms with Crippen LogP contribution in [0.4, 0.5) is 4.79 Å². The molecule has 1 aliphatic rings. The Hall–Kier alpha value is -2.31. The lowest BCUT2D eigenvalue weighted by atomic mass is 9.99. The van der Waals surface area contributed by atoms with Crippen LogP contribution in [0.15, 0.2) is 59.5 Å². The minimum Gasteiger partial charge on any atom is -0.338 e. The highest BCUT2D eigenvalue weighted by Crippen LogP contribution is 2.37. The van der Waals surface area contributed by atoms with Gasteiger partial charge in [-0.2, -0.15) is 0 Å². The van der Waals surface area contributed by atoms with Crippen LogP contribution >= 0.6 is 11.8 Å². The van der Waals surface area contributed by atoms with Gasteiger partial charge in [0.25, 0.3) is 0 Å². The summed E-state index contributed by atoms with van der Waals surface area (Å²) in [4.78, 5) is 25.8. The van der Waals surface area contributed by atoms with E-state index in [9.17, 15) is 9.59 Å². The zero-order chi connectivity index (χ0) is 18.4. The number of nitrogens with one attached hydrogen (secondary N) is 3. The Morgan fingerprint density at radius 1 is 1.12 bits per heavy atom. The average molecular weight is 369 g/mol. The SMILES string of the molecule is CCNC(=O)NC(=O)[C@H](N[C@H]1CCSc2ccccc21)c1ccccc1. The molecule has 2 atom stereocenters. The fraction of sp³-hybridized carbons (Fsp3) is 0.300. The minimum absolute atomic E-state index is 0.0673. The number of hydrogen-bond donors (Lipinski definition) is 3. The van der Waals surface area contributed by atoms with E-state index in [0.29, 0.717) is 6.54 Å². The molecule has 136 valence electrons. The van der Waals surface area contributed by atoms with Gasteiger partial charge in [-0.3, -0.25) is 15.4 Å². The monoisotopic (exact) mass is 369 g/mol. The molecule has 0 unspecified atom stereocenters. The molecule has 6 heteroatoms. The first kappa shape index (κ1) is 18.5. The molecule has 0 saturated heterocycles. The molecule has 3 rings (SSSR count). The molecule has 3 amide bonds. The van der Waals surface area contributed by atoms with Crippen molar-refractivity contribution in [1.29, 1.82) is 0 Å². The van der Waals surface area contributed by atoms with E-state index in [1.165, 1.54) is 10.5 Å². The normalized spacial score (nSPS) is 17.0. The number of amides is 3. The molecule has 1 aliphatic heterocycles. The molecule has 26 heavy (non-hydrogen) atoms. The molecule has 1 heterocycles. The van der Waals surface area contributed by atoms with Crippen LogP contribution in [0.5, 0.6) is 0 Å². The van der Waals surface area contributed by atoms with E-state index < -0.39 is 12.1 Å². The average Bonchev–Trinajstić information content (AvgIpc) is 2.67. The number of carbonyl (C=O) groups excluding carboxylic acids is 2. The Morgan fingerprint density at radius 2 is 1.85 bits per heavy atom. The number of urea groups is 1. The summed E-state index contributed by atoms with van der Waals surface area (Å²) in [6.07, 6.45) is 0.930. The van der Waals surface area contributed by atoms with E-state index in [4.69, 9.17) is 0 Å². The standard InChI is InChI=1S/C20H23N3O2S/c1-2-21-20(25)23-19(24)18(14-8-4-3-5-9-14)22-16-12-13-26-17-11-7-6-10-15(16)17/h3-11,16,18,22H,2,12-13H2,1H3,(H2,21,23,24,25)/t16-,18+/m0/s1. The molecule has 0 fully saturated rings. The van der Waals surface area contributed by atoms with E-state index in [0.717, 1.165) is 17.7 Å². The zero-order valence-electron chi connectivity index (χ0n) is 14.7. The van der Waals surface area contributed by atoms with E-state index >= 15 is 0 Å². The van der Waals surface area contributed by atoms with Crippen LogP contribution in [0.2, 0.25) is 0 Å². The number of imide groups is 1. The van der Waals surface area contributed by atoms with Gasteiger partial charge in [-0.25, -0.2) is 4.79 Å². The summed E-state index contributed by atoms with van der Waals surface area (Å²) in [7, 11) is 0. The Labute approximate surface area is 157 Å². The Bertz CT molecular complexity index is 767. The predicted octanol–water partition coefficient (Wildman–Crippen LogP) is 3.40. The first-order valence-electron chi connectivity index (χ1n) is 8.80. The van der Waals surface area contributed by atoms with Gasteiger partial charge in [0.1, 0.15) is 6.04 Å². The quantitative estimate of drug-likeness (QED) is 0.755. The second-order valence-corrected chi connectivity index (χ2v) is 7.22. The van der Waals surface area contributed by atoms with Crippen molar-refractivity contribution in [3.05, 3.63) is 65.7 Å². The highest BCUT2D eigenvalue weighted by Gasteiger charge is 2.28. The van der Waals surface area contributed by atoms with Crippen molar-refractivity contribution < 1.29 is 9.59 Å². The largest absolute Gasteiger partial charge is 0.338 e. The third kappa shape index (κ3) is 4.45. The van der Waals surface area contributed by atoms with Crippen molar-refractivity contribution in [2.75, 3.05) is 12.3 Å².